The van der Waals surface area contributed by atoms with E-state index in [1.807, 2.05) is 13.8 Å². The molecule has 1 amide bonds. The summed E-state index contributed by atoms with van der Waals surface area (Å²) in [7, 11) is 0. The van der Waals surface area contributed by atoms with Crippen LogP contribution in [-0.2, 0) is 4.79 Å². The minimum atomic E-state index is -2.68. The maximum Gasteiger partial charge on any atom is 0.291 e. The third kappa shape index (κ3) is 4.43. The van der Waals surface area contributed by atoms with Gasteiger partial charge in [-0.15, -0.1) is 22.6 Å². The first-order chi connectivity index (χ1) is 7.95. The zero-order valence-electron chi connectivity index (χ0n) is 9.89. The Morgan fingerprint density at radius 3 is 2.56 bits per heavy atom. The van der Waals surface area contributed by atoms with Crippen LogP contribution in [0.25, 0.3) is 0 Å². The summed E-state index contributed by atoms with van der Waals surface area (Å²) in [4.78, 5) is 11.6. The van der Waals surface area contributed by atoms with Gasteiger partial charge in [-0.1, -0.05) is 31.6 Å². The van der Waals surface area contributed by atoms with Crippen molar-refractivity contribution < 1.29 is 13.6 Å². The van der Waals surface area contributed by atoms with Crippen molar-refractivity contribution in [3.63, 3.8) is 0 Å². The van der Waals surface area contributed by atoms with Crippen LogP contribution in [0, 0.1) is 5.92 Å². The molecule has 3 N–H and O–H groups in total. The number of amides is 1. The van der Waals surface area contributed by atoms with E-state index in [9.17, 15) is 13.6 Å². The van der Waals surface area contributed by atoms with Gasteiger partial charge in [0.2, 0.25) is 11.0 Å². The van der Waals surface area contributed by atoms with Gasteiger partial charge in [-0.25, -0.2) is 8.78 Å². The molecule has 1 heterocycles. The molecule has 0 saturated heterocycles. The number of carbonyl (C=O) groups excluding carboxylic acids is 1. The number of nitrogens with zero attached hydrogens (tertiary/aromatic N) is 2. The topological polar surface area (TPSA) is 80.9 Å². The second-order valence-corrected chi connectivity index (χ2v) is 4.66. The third-order valence-corrected chi connectivity index (χ3v) is 3.26. The van der Waals surface area contributed by atoms with E-state index < -0.39 is 23.4 Å². The number of alkyl halides is 2. The van der Waals surface area contributed by atoms with Crippen LogP contribution in [0.1, 0.15) is 31.7 Å². The van der Waals surface area contributed by atoms with Gasteiger partial charge in [-0.05, 0) is 5.92 Å². The molecule has 18 heavy (non-hydrogen) atoms. The van der Waals surface area contributed by atoms with Crippen molar-refractivity contribution in [3.8, 4) is 0 Å². The van der Waals surface area contributed by atoms with Crippen molar-refractivity contribution in [3.05, 3.63) is 5.01 Å². The van der Waals surface area contributed by atoms with Crippen LogP contribution in [0.5, 0.6) is 0 Å². The molecule has 104 valence electrons. The van der Waals surface area contributed by atoms with Crippen LogP contribution >= 0.6 is 23.7 Å². The summed E-state index contributed by atoms with van der Waals surface area (Å²) in [5.74, 6) is -0.422. The highest BCUT2D eigenvalue weighted by atomic mass is 35.5. The van der Waals surface area contributed by atoms with Gasteiger partial charge in [-0.2, -0.15) is 0 Å². The largest absolute Gasteiger partial charge is 0.320 e. The summed E-state index contributed by atoms with van der Waals surface area (Å²) in [5, 5.41) is 8.71. The van der Waals surface area contributed by atoms with E-state index in [1.54, 1.807) is 0 Å². The van der Waals surface area contributed by atoms with Gasteiger partial charge in [0.05, 0.1) is 6.04 Å². The lowest BCUT2D eigenvalue weighted by atomic mass is 10.00. The van der Waals surface area contributed by atoms with Crippen molar-refractivity contribution in [2.24, 2.45) is 11.7 Å². The van der Waals surface area contributed by atoms with Crippen LogP contribution < -0.4 is 11.1 Å². The molecule has 1 rings (SSSR count). The Morgan fingerprint density at radius 2 is 2.11 bits per heavy atom. The van der Waals surface area contributed by atoms with Crippen molar-refractivity contribution in [2.45, 2.75) is 32.7 Å². The van der Waals surface area contributed by atoms with E-state index in [2.05, 4.69) is 15.5 Å². The fourth-order valence-electron chi connectivity index (χ4n) is 1.07. The van der Waals surface area contributed by atoms with Gasteiger partial charge in [0.15, 0.2) is 5.01 Å². The summed E-state index contributed by atoms with van der Waals surface area (Å²) in [6.45, 7) is 3.76. The average molecular weight is 301 g/mol. The van der Waals surface area contributed by atoms with E-state index in [1.165, 1.54) is 0 Å². The number of aromatic nitrogens is 2. The molecule has 2 atom stereocenters. The second kappa shape index (κ2) is 7.55. The molecule has 0 aliphatic heterocycles. The zero-order valence-corrected chi connectivity index (χ0v) is 11.5. The number of nitrogens with one attached hydrogen (secondary N) is 1. The number of rotatable bonds is 5. The molecular weight excluding hydrogens is 286 g/mol. The standard InChI is InChI=1S/C9H14F2N4OS.ClH/c1-3-4(2)5(12)7(16)13-9-15-14-8(17-9)6(10)11;/h4-6H,3,12H2,1-2H3,(H,13,15,16);1H. The van der Waals surface area contributed by atoms with E-state index in [0.29, 0.717) is 11.3 Å². The zero-order chi connectivity index (χ0) is 13.0. The van der Waals surface area contributed by atoms with E-state index >= 15 is 0 Å². The molecule has 0 aliphatic carbocycles. The summed E-state index contributed by atoms with van der Waals surface area (Å²) in [6.07, 6.45) is -1.92. The lowest BCUT2D eigenvalue weighted by Gasteiger charge is -2.16. The highest BCUT2D eigenvalue weighted by molar-refractivity contribution is 7.15. The second-order valence-electron chi connectivity index (χ2n) is 3.65. The molecule has 2 unspecified atom stereocenters. The number of nitrogens with two attached hydrogens (primary N) is 1. The molecule has 0 fully saturated rings. The summed E-state index contributed by atoms with van der Waals surface area (Å²) >= 11 is 0.646. The van der Waals surface area contributed by atoms with Crippen molar-refractivity contribution >= 4 is 34.8 Å². The van der Waals surface area contributed by atoms with E-state index in [4.69, 9.17) is 5.73 Å². The van der Waals surface area contributed by atoms with Crippen LogP contribution in [-0.4, -0.2) is 22.1 Å². The summed E-state index contributed by atoms with van der Waals surface area (Å²) in [6, 6.07) is -0.682. The van der Waals surface area contributed by atoms with Gasteiger partial charge in [0, 0.05) is 0 Å². The van der Waals surface area contributed by atoms with Gasteiger partial charge in [0.25, 0.3) is 6.43 Å². The summed E-state index contributed by atoms with van der Waals surface area (Å²) < 4.78 is 24.5. The lowest BCUT2D eigenvalue weighted by molar-refractivity contribution is -0.118. The first-order valence-electron chi connectivity index (χ1n) is 5.13. The normalized spacial score (nSPS) is 13.9. The van der Waals surface area contributed by atoms with Gasteiger partial charge in [-0.3, -0.25) is 10.1 Å². The predicted molar refractivity (Wildman–Crippen MR) is 68.2 cm³/mol. The predicted octanol–water partition coefficient (Wildman–Crippen LogP) is 2.21. The molecule has 0 aliphatic rings. The smallest absolute Gasteiger partial charge is 0.291 e. The first-order valence-corrected chi connectivity index (χ1v) is 5.95. The Hall–Kier alpha value is -0.860. The van der Waals surface area contributed by atoms with Crippen LogP contribution in [0.15, 0.2) is 0 Å². The van der Waals surface area contributed by atoms with Crippen LogP contribution in [0.4, 0.5) is 13.9 Å². The Morgan fingerprint density at radius 1 is 1.50 bits per heavy atom. The number of hydrogen-bond donors (Lipinski definition) is 2. The fraction of sp³-hybridized carbons (Fsp3) is 0.667. The van der Waals surface area contributed by atoms with E-state index in [0.717, 1.165) is 6.42 Å². The molecule has 9 heteroatoms. The van der Waals surface area contributed by atoms with Crippen molar-refractivity contribution in [1.29, 1.82) is 0 Å². The third-order valence-electron chi connectivity index (χ3n) is 2.42. The van der Waals surface area contributed by atoms with Gasteiger partial charge < -0.3 is 5.73 Å². The molecule has 1 aromatic rings. The molecule has 0 bridgehead atoms. The Bertz CT molecular complexity index is 390. The van der Waals surface area contributed by atoms with Crippen molar-refractivity contribution in [1.82, 2.24) is 10.2 Å². The number of hydrogen-bond acceptors (Lipinski definition) is 5. The number of halogens is 3. The maximum atomic E-state index is 12.2. The Balaban J connectivity index is 0.00000289. The van der Waals surface area contributed by atoms with Crippen LogP contribution in [0.3, 0.4) is 0 Å². The lowest BCUT2D eigenvalue weighted by Crippen LogP contribution is -2.40. The average Bonchev–Trinajstić information content (AvgIpc) is 2.75. The monoisotopic (exact) mass is 300 g/mol. The molecule has 0 spiro atoms. The molecule has 1 aromatic heterocycles. The minimum Gasteiger partial charge on any atom is -0.320 e. The molecular formula is C9H15ClF2N4OS. The molecule has 0 radical (unpaired) electrons. The minimum absolute atomic E-state index is 0. The van der Waals surface area contributed by atoms with Crippen molar-refractivity contribution in [2.75, 3.05) is 5.32 Å². The Labute approximate surface area is 114 Å². The number of anilines is 1. The maximum absolute atomic E-state index is 12.2. The molecule has 0 aromatic carbocycles. The highest BCUT2D eigenvalue weighted by Crippen LogP contribution is 2.25. The summed E-state index contributed by atoms with van der Waals surface area (Å²) in [5.41, 5.74) is 5.68. The SMILES string of the molecule is CCC(C)C(N)C(=O)Nc1nnc(C(F)F)s1.Cl. The Kier molecular flexibility index (Phi) is 7.19. The van der Waals surface area contributed by atoms with E-state index in [-0.39, 0.29) is 23.5 Å². The quantitative estimate of drug-likeness (QED) is 0.873. The molecule has 5 nitrogen and oxygen atoms in total. The fourth-order valence-corrected chi connectivity index (χ4v) is 1.68. The molecule has 0 saturated carbocycles. The first kappa shape index (κ1) is 17.1. The highest BCUT2D eigenvalue weighted by Gasteiger charge is 2.21. The van der Waals surface area contributed by atoms with Crippen LogP contribution in [0.2, 0.25) is 0 Å². The number of carbonyl (C=O) groups is 1. The van der Waals surface area contributed by atoms with Gasteiger partial charge in [0.1, 0.15) is 0 Å². The van der Waals surface area contributed by atoms with Gasteiger partial charge >= 0.3 is 0 Å².